The van der Waals surface area contributed by atoms with Crippen LogP contribution in [0.3, 0.4) is 0 Å². The van der Waals surface area contributed by atoms with Gasteiger partial charge in [0.15, 0.2) is 0 Å². The number of aryl methyl sites for hydroxylation is 1. The largest absolute Gasteiger partial charge is 1.00 e. The van der Waals surface area contributed by atoms with Gasteiger partial charge in [-0.25, -0.2) is 8.42 Å². The molecule has 4 nitrogen and oxygen atoms in total. The van der Waals surface area contributed by atoms with Gasteiger partial charge in [-0.2, -0.15) is 0 Å². The first-order valence-electron chi connectivity index (χ1n) is 8.77. The van der Waals surface area contributed by atoms with Gasteiger partial charge in [0, 0.05) is 8.07 Å². The van der Waals surface area contributed by atoms with Crippen LogP contribution in [0.15, 0.2) is 34.3 Å². The topological polar surface area (TPSA) is 60.6 Å². The summed E-state index contributed by atoms with van der Waals surface area (Å²) in [6.45, 7) is 9.17. The average Bonchev–Trinajstić information content (AvgIpc) is 2.53. The fourth-order valence-corrected chi connectivity index (χ4v) is 7.62. The van der Waals surface area contributed by atoms with Crippen LogP contribution >= 0.6 is 0 Å². The molecule has 0 heterocycles. The van der Waals surface area contributed by atoms with E-state index in [1.54, 1.807) is 24.3 Å². The molecule has 0 N–H and O–H groups in total. The molecule has 1 aromatic carbocycles. The van der Waals surface area contributed by atoms with Crippen molar-refractivity contribution in [1.82, 2.24) is 0 Å². The van der Waals surface area contributed by atoms with E-state index in [0.29, 0.717) is 17.4 Å². The maximum absolute atomic E-state index is 12.4. The Hall–Kier alpha value is -0.143. The molecule has 3 aliphatic rings. The van der Waals surface area contributed by atoms with Crippen molar-refractivity contribution < 1.29 is 38.0 Å². The van der Waals surface area contributed by atoms with Gasteiger partial charge in [0.05, 0.1) is 4.90 Å². The first-order valence-corrected chi connectivity index (χ1v) is 13.8. The normalized spacial score (nSPS) is 27.8. The van der Waals surface area contributed by atoms with Crippen LogP contribution in [0.25, 0.3) is 4.83 Å². The molecule has 2 bridgehead atoms. The fraction of sp³-hybridized carbons (Fsp3) is 0.611. The molecule has 4 rings (SSSR count). The van der Waals surface area contributed by atoms with Crippen LogP contribution in [0.5, 0.6) is 0 Å². The Labute approximate surface area is 175 Å². The zero-order chi connectivity index (χ0) is 17.5. The van der Waals surface area contributed by atoms with Gasteiger partial charge in [-0.15, -0.1) is 0 Å². The Morgan fingerprint density at radius 1 is 1.12 bits per heavy atom. The van der Waals surface area contributed by atoms with Gasteiger partial charge in [0.2, 0.25) is 0 Å². The molecule has 0 saturated heterocycles. The van der Waals surface area contributed by atoms with E-state index >= 15 is 0 Å². The van der Waals surface area contributed by atoms with Gasteiger partial charge in [-0.1, -0.05) is 37.3 Å². The number of hydrogen-bond donors (Lipinski definition) is 0. The minimum Gasteiger partial charge on any atom is -0.491 e. The second kappa shape index (κ2) is 7.85. The van der Waals surface area contributed by atoms with Crippen molar-refractivity contribution >= 4 is 23.8 Å². The molecule has 3 atom stereocenters. The number of benzene rings is 1. The number of hydrogen-bond acceptors (Lipinski definition) is 3. The van der Waals surface area contributed by atoms with Crippen molar-refractivity contribution in [3.8, 4) is 0 Å². The van der Waals surface area contributed by atoms with E-state index in [0.717, 1.165) is 24.1 Å². The van der Waals surface area contributed by atoms with Crippen LogP contribution in [0.1, 0.15) is 31.2 Å². The third-order valence-corrected chi connectivity index (χ3v) is 9.62. The molecule has 3 aliphatic carbocycles. The van der Waals surface area contributed by atoms with Gasteiger partial charge in [0.1, 0.15) is 10.0 Å². The van der Waals surface area contributed by atoms with Gasteiger partial charge in [-0.05, 0) is 67.8 Å². The van der Waals surface area contributed by atoms with Crippen molar-refractivity contribution in [3.05, 3.63) is 34.7 Å². The Morgan fingerprint density at radius 3 is 2.32 bits per heavy atom. The maximum atomic E-state index is 12.4. The van der Waals surface area contributed by atoms with Crippen LogP contribution in [0.4, 0.5) is 0 Å². The first-order chi connectivity index (χ1) is 11.2. The van der Waals surface area contributed by atoms with Gasteiger partial charge in [-0.3, -0.25) is 0 Å². The molecule has 1 aromatic rings. The van der Waals surface area contributed by atoms with Crippen LogP contribution in [-0.4, -0.2) is 22.2 Å². The summed E-state index contributed by atoms with van der Waals surface area (Å²) in [4.78, 5) is 4.01. The molecule has 0 aromatic heterocycles. The first kappa shape index (κ1) is 21.2. The van der Waals surface area contributed by atoms with E-state index < -0.39 is 18.1 Å². The quantitative estimate of drug-likeness (QED) is 0.586. The Bertz CT molecular complexity index is 741. The summed E-state index contributed by atoms with van der Waals surface area (Å²) in [5, 5.41) is 4.28. The molecule has 7 heteroatoms. The van der Waals surface area contributed by atoms with E-state index in [2.05, 4.69) is 29.6 Å². The molecule has 0 spiro atoms. The predicted octanol–water partition coefficient (Wildman–Crippen LogP) is 1.95. The minimum absolute atomic E-state index is 0. The summed E-state index contributed by atoms with van der Waals surface area (Å²) < 4.78 is 24.8. The van der Waals surface area contributed by atoms with Crippen molar-refractivity contribution in [2.24, 2.45) is 16.9 Å². The smallest absolute Gasteiger partial charge is 0.491 e. The second-order valence-electron chi connectivity index (χ2n) is 8.42. The molecule has 3 saturated carbocycles. The third kappa shape index (κ3) is 4.77. The minimum atomic E-state index is -3.70. The summed E-state index contributed by atoms with van der Waals surface area (Å²) in [6.07, 6.45) is 4.64. The number of sulfonamides is 1. The SMILES string of the molecule is Cc1ccc(S(=O)(=O)[N-]/N=C2\C[C@@H]3CC[C@H]2[C@@H]([Si](C)(C)C)C3)cc1.[Na+]. The van der Waals surface area contributed by atoms with Gasteiger partial charge < -0.3 is 9.93 Å². The van der Waals surface area contributed by atoms with Crippen molar-refractivity contribution in [2.45, 2.75) is 62.7 Å². The zero-order valence-corrected chi connectivity index (χ0v) is 19.8. The molecule has 132 valence electrons. The van der Waals surface area contributed by atoms with E-state index in [-0.39, 0.29) is 34.5 Å². The summed E-state index contributed by atoms with van der Waals surface area (Å²) in [7, 11) is -4.97. The van der Waals surface area contributed by atoms with E-state index in [4.69, 9.17) is 0 Å². The molecule has 25 heavy (non-hydrogen) atoms. The zero-order valence-electron chi connectivity index (χ0n) is 16.0. The number of rotatable bonds is 4. The number of fused-ring (bicyclic) bond motifs is 3. The summed E-state index contributed by atoms with van der Waals surface area (Å²) >= 11 is 0. The summed E-state index contributed by atoms with van der Waals surface area (Å²) in [6, 6.07) is 6.79. The van der Waals surface area contributed by atoms with Gasteiger partial charge >= 0.3 is 29.6 Å². The summed E-state index contributed by atoms with van der Waals surface area (Å²) in [5.74, 6) is 1.11. The van der Waals surface area contributed by atoms with Crippen LogP contribution < -0.4 is 29.6 Å². The molecule has 0 amide bonds. The number of nitrogens with zero attached hydrogens (tertiary/aromatic N) is 2. The van der Waals surface area contributed by atoms with Gasteiger partial charge in [0.25, 0.3) is 0 Å². The molecule has 3 fully saturated rings. The van der Waals surface area contributed by atoms with Crippen LogP contribution in [-0.2, 0) is 10.0 Å². The van der Waals surface area contributed by atoms with Crippen molar-refractivity contribution in [3.63, 3.8) is 0 Å². The molecular weight excluding hydrogens is 359 g/mol. The predicted molar refractivity (Wildman–Crippen MR) is 102 cm³/mol. The Kier molecular flexibility index (Phi) is 6.64. The second-order valence-corrected chi connectivity index (χ2v) is 15.5. The van der Waals surface area contributed by atoms with E-state index in [1.165, 1.54) is 12.8 Å². The van der Waals surface area contributed by atoms with Crippen LogP contribution in [0, 0.1) is 18.8 Å². The van der Waals surface area contributed by atoms with Crippen molar-refractivity contribution in [2.75, 3.05) is 0 Å². The monoisotopic (exact) mass is 386 g/mol. The molecule has 0 aliphatic heterocycles. The Morgan fingerprint density at radius 2 is 1.76 bits per heavy atom. The average molecular weight is 387 g/mol. The van der Waals surface area contributed by atoms with Crippen molar-refractivity contribution in [1.29, 1.82) is 0 Å². The maximum Gasteiger partial charge on any atom is 1.00 e. The molecule has 0 radical (unpaired) electrons. The molecule has 0 unspecified atom stereocenters. The standard InChI is InChI=1S/C18H27N2O2SSi.Na/c1-13-5-8-15(9-6-13)23(21,22)20-19-17-11-14-7-10-16(17)18(12-14)24(2,3)4;/h5-6,8-9,14,16,18H,7,10-12H2,1-4H3;/q-1;+1/b19-17+;/t14-,16+,18-;/m0./s1. The van der Waals surface area contributed by atoms with E-state index in [9.17, 15) is 8.42 Å². The third-order valence-electron chi connectivity index (χ3n) is 5.59. The fourth-order valence-electron chi connectivity index (χ4n) is 4.22. The molecular formula is C18H27N2NaO2SSi. The summed E-state index contributed by atoms with van der Waals surface area (Å²) in [5.41, 5.74) is 2.77. The van der Waals surface area contributed by atoms with Crippen LogP contribution in [0.2, 0.25) is 25.2 Å². The Balaban J connectivity index is 0.00000225. The van der Waals surface area contributed by atoms with E-state index in [1.807, 2.05) is 6.92 Å².